The van der Waals surface area contributed by atoms with E-state index in [1.165, 1.54) is 18.1 Å². The molecule has 3 fully saturated rings. The van der Waals surface area contributed by atoms with Gasteiger partial charge < -0.3 is 47.8 Å². The van der Waals surface area contributed by atoms with Gasteiger partial charge in [0.1, 0.15) is 5.56 Å². The summed E-state index contributed by atoms with van der Waals surface area (Å²) in [6.07, 6.45) is 3.99. The number of amides is 1. The highest BCUT2D eigenvalue weighted by Gasteiger charge is 2.61. The molecule has 4 unspecified atom stereocenters. The molecule has 1 amide bonds. The molecule has 1 aromatic carbocycles. The number of rotatable bonds is 8. The van der Waals surface area contributed by atoms with Crippen LogP contribution >= 0.6 is 0 Å². The van der Waals surface area contributed by atoms with E-state index in [2.05, 4.69) is 13.8 Å². The standard InChI is InChI=1S/C13H28BNO4.C10H12BNO5/c1-3-5-7-15(8-6-4-2)9-10-17-14(15)18-12-13(11-16)19-14;13-5-7-6-15-11(16-7)12-10(14)8-3-1-2-4-9(8)17-11/h13,16H,3-12H2,1-2H3;1-4,7,13H,5-6,12H2. The number of fused-ring (bicyclic) bond motifs is 1. The average Bonchev–Trinajstić information content (AvgIpc) is 3.60. The lowest BCUT2D eigenvalue weighted by molar-refractivity contribution is -0.844. The molecule has 4 aliphatic rings. The monoisotopic (exact) mass is 510 g/mol. The maximum atomic E-state index is 11.9. The summed E-state index contributed by atoms with van der Waals surface area (Å²) in [4.78, 5) is 11.9. The van der Waals surface area contributed by atoms with Crippen LogP contribution in [-0.2, 0) is 23.3 Å². The number of carbonyl (C=O) groups excluding carboxylic acids is 1. The van der Waals surface area contributed by atoms with Gasteiger partial charge >= 0.3 is 19.7 Å². The Kier molecular flexibility index (Phi) is 9.08. The normalized spacial score (nSPS) is 32.4. The summed E-state index contributed by atoms with van der Waals surface area (Å²) in [5.41, 5.74) is 0.500. The van der Waals surface area contributed by atoms with E-state index >= 15 is 0 Å². The Morgan fingerprint density at radius 1 is 0.972 bits per heavy atom. The molecule has 0 aromatic heterocycles. The summed E-state index contributed by atoms with van der Waals surface area (Å²) in [7, 11) is 0. The van der Waals surface area contributed by atoms with E-state index in [9.17, 15) is 9.90 Å². The highest BCUT2D eigenvalue weighted by Crippen LogP contribution is 2.36. The molecule has 13 heteroatoms. The van der Waals surface area contributed by atoms with Gasteiger partial charge in [0.2, 0.25) is 0 Å². The summed E-state index contributed by atoms with van der Waals surface area (Å²) >= 11 is 0. The lowest BCUT2D eigenvalue weighted by atomic mass is 9.87. The third-order valence-electron chi connectivity index (χ3n) is 7.41. The molecule has 4 aliphatic heterocycles. The largest absolute Gasteiger partial charge is 0.687 e. The molecule has 3 saturated heterocycles. The van der Waals surface area contributed by atoms with Crippen molar-refractivity contribution >= 4 is 19.7 Å². The van der Waals surface area contributed by atoms with Crippen LogP contribution < -0.4 is 9.88 Å². The van der Waals surface area contributed by atoms with Crippen molar-refractivity contribution in [2.24, 2.45) is 0 Å². The van der Waals surface area contributed by atoms with E-state index < -0.39 is 19.9 Å². The number of carbonyl (C=O) groups is 1. The van der Waals surface area contributed by atoms with Crippen LogP contribution in [0.4, 0.5) is 0 Å². The molecule has 202 valence electrons. The molecular formula is C23H40B2N2O9. The minimum Gasteiger partial charge on any atom is -0.614 e. The van der Waals surface area contributed by atoms with Crippen LogP contribution in [0.15, 0.2) is 24.3 Å². The smallest absolute Gasteiger partial charge is 0.614 e. The Morgan fingerprint density at radius 3 is 2.28 bits per heavy atom. The van der Waals surface area contributed by atoms with E-state index in [1.807, 2.05) is 0 Å². The number of nitrogens with two attached hydrogens (primary N) is 1. The number of aliphatic hydroxyl groups is 2. The summed E-state index contributed by atoms with van der Waals surface area (Å²) < 4.78 is 35.1. The molecule has 0 saturated carbocycles. The molecule has 0 aliphatic carbocycles. The van der Waals surface area contributed by atoms with Gasteiger partial charge in [0, 0.05) is 26.3 Å². The Hall–Kier alpha value is -1.54. The van der Waals surface area contributed by atoms with Crippen LogP contribution in [0.5, 0.6) is 5.75 Å². The van der Waals surface area contributed by atoms with Crippen LogP contribution in [0, 0.1) is 0 Å². The van der Waals surface area contributed by atoms with Gasteiger partial charge in [0.25, 0.3) is 0 Å². The number of unbranched alkanes of at least 4 members (excludes halogenated alkanes) is 2. The number of aliphatic hydroxyl groups excluding tert-OH is 2. The molecule has 4 atom stereocenters. The maximum Gasteiger partial charge on any atom is 0.687 e. The summed E-state index contributed by atoms with van der Waals surface area (Å²) in [5, 5.41) is 19.6. The first-order chi connectivity index (χ1) is 17.4. The predicted molar refractivity (Wildman–Crippen MR) is 131 cm³/mol. The van der Waals surface area contributed by atoms with E-state index in [-0.39, 0.29) is 31.8 Å². The van der Waals surface area contributed by atoms with Gasteiger partial charge in [-0.25, -0.2) is 4.79 Å². The summed E-state index contributed by atoms with van der Waals surface area (Å²) in [5.74, 6) is 0.282. The Balaban J connectivity index is 0.000000170. The third kappa shape index (κ3) is 5.50. The lowest BCUT2D eigenvalue weighted by Crippen LogP contribution is -3.07. The number of quaternary nitrogens is 2. The predicted octanol–water partition coefficient (Wildman–Crippen LogP) is -0.0972. The number of nitrogens with zero attached hydrogens (tertiary/aromatic N) is 1. The number of hydrogen-bond donors (Lipinski definition) is 3. The zero-order valence-corrected chi connectivity index (χ0v) is 21.4. The molecule has 2 spiro atoms. The van der Waals surface area contributed by atoms with Crippen molar-refractivity contribution in [3.05, 3.63) is 29.8 Å². The average molecular weight is 510 g/mol. The van der Waals surface area contributed by atoms with Gasteiger partial charge in [-0.15, -0.1) is 0 Å². The second kappa shape index (κ2) is 11.9. The molecule has 36 heavy (non-hydrogen) atoms. The van der Waals surface area contributed by atoms with Gasteiger partial charge in [-0.2, -0.15) is 0 Å². The molecular weight excluding hydrogens is 470 g/mol. The minimum atomic E-state index is -2.18. The first-order valence-corrected chi connectivity index (χ1v) is 13.2. The molecule has 0 radical (unpaired) electrons. The molecule has 4 N–H and O–H groups in total. The van der Waals surface area contributed by atoms with Gasteiger partial charge in [-0.1, -0.05) is 38.8 Å². The SMILES string of the molecule is CCCC[N+]1(CCCC)CCO[B-]12OCC(CO)O2.O=C1[NH2+][B-]2(OCC(CO)O2)Oc2ccccc21. The fourth-order valence-corrected chi connectivity index (χ4v) is 5.41. The molecule has 0 bridgehead atoms. The van der Waals surface area contributed by atoms with Crippen molar-refractivity contribution in [2.75, 3.05) is 52.7 Å². The quantitative estimate of drug-likeness (QED) is 0.411. The first-order valence-electron chi connectivity index (χ1n) is 13.2. The molecule has 1 aromatic rings. The van der Waals surface area contributed by atoms with Crippen molar-refractivity contribution in [1.29, 1.82) is 0 Å². The summed E-state index contributed by atoms with van der Waals surface area (Å²) in [6, 6.07) is 6.93. The zero-order chi connectivity index (χ0) is 25.7. The van der Waals surface area contributed by atoms with Gasteiger partial charge in [-0.3, -0.25) is 0 Å². The topological polar surface area (TPSA) is 130 Å². The number of benzene rings is 1. The van der Waals surface area contributed by atoms with Crippen molar-refractivity contribution < 1.29 is 52.6 Å². The third-order valence-corrected chi connectivity index (χ3v) is 7.41. The number of hydrogen-bond acceptors (Lipinski definition) is 9. The van der Waals surface area contributed by atoms with Crippen LogP contribution in [0.25, 0.3) is 0 Å². The molecule has 11 nitrogen and oxygen atoms in total. The molecule has 5 rings (SSSR count). The number of para-hydroxylation sites is 1. The van der Waals surface area contributed by atoms with E-state index in [0.717, 1.165) is 36.9 Å². The minimum absolute atomic E-state index is 0.00835. The van der Waals surface area contributed by atoms with Crippen molar-refractivity contribution in [3.63, 3.8) is 0 Å². The Labute approximate surface area is 212 Å². The maximum absolute atomic E-state index is 11.9. The van der Waals surface area contributed by atoms with Crippen molar-refractivity contribution in [2.45, 2.75) is 51.7 Å². The van der Waals surface area contributed by atoms with Crippen LogP contribution in [0.1, 0.15) is 49.9 Å². The van der Waals surface area contributed by atoms with Crippen molar-refractivity contribution in [3.8, 4) is 5.75 Å². The van der Waals surface area contributed by atoms with Gasteiger partial charge in [0.05, 0.1) is 44.3 Å². The number of primary amides is 1. The fraction of sp³-hybridized carbons (Fsp3) is 0.696. The highest BCUT2D eigenvalue weighted by atomic mass is 16.8. The van der Waals surface area contributed by atoms with Crippen LogP contribution in [0.2, 0.25) is 0 Å². The highest BCUT2D eigenvalue weighted by molar-refractivity contribution is 6.54. The second-order valence-electron chi connectivity index (χ2n) is 9.96. The Morgan fingerprint density at radius 2 is 1.64 bits per heavy atom. The van der Waals surface area contributed by atoms with Crippen LogP contribution in [0.3, 0.4) is 0 Å². The second-order valence-corrected chi connectivity index (χ2v) is 9.96. The Bertz CT molecular complexity index is 889. The zero-order valence-electron chi connectivity index (χ0n) is 21.4. The van der Waals surface area contributed by atoms with Crippen LogP contribution in [-0.4, -0.2) is 99.2 Å². The van der Waals surface area contributed by atoms with E-state index in [0.29, 0.717) is 24.5 Å². The first kappa shape index (κ1) is 27.5. The summed E-state index contributed by atoms with van der Waals surface area (Å²) in [6.45, 7) is 4.83. The lowest BCUT2D eigenvalue weighted by Gasteiger charge is -2.49. The van der Waals surface area contributed by atoms with E-state index in [1.54, 1.807) is 24.3 Å². The van der Waals surface area contributed by atoms with Gasteiger partial charge in [0.15, 0.2) is 0 Å². The fourth-order valence-electron chi connectivity index (χ4n) is 5.41. The van der Waals surface area contributed by atoms with E-state index in [4.69, 9.17) is 33.0 Å². The van der Waals surface area contributed by atoms with Crippen molar-refractivity contribution in [1.82, 2.24) is 0 Å². The molecule has 4 heterocycles. The van der Waals surface area contributed by atoms with Gasteiger partial charge in [-0.05, 0) is 25.0 Å².